The molecule has 0 saturated carbocycles. The number of nitrogens with one attached hydrogen (secondary N) is 1. The predicted molar refractivity (Wildman–Crippen MR) is 113 cm³/mol. The number of ether oxygens (including phenoxy) is 1. The first kappa shape index (κ1) is 19.4. The fourth-order valence-electron chi connectivity index (χ4n) is 3.67. The molecule has 3 heterocycles. The molecule has 152 valence electrons. The molecule has 1 aliphatic heterocycles. The first-order valence-electron chi connectivity index (χ1n) is 9.79. The number of benzene rings is 1. The molecule has 29 heavy (non-hydrogen) atoms. The van der Waals surface area contributed by atoms with Gasteiger partial charge in [-0.1, -0.05) is 18.2 Å². The van der Waals surface area contributed by atoms with Crippen molar-refractivity contribution in [3.05, 3.63) is 41.4 Å². The molecule has 0 bridgehead atoms. The van der Waals surface area contributed by atoms with E-state index in [1.165, 1.54) is 11.3 Å². The van der Waals surface area contributed by atoms with E-state index in [0.29, 0.717) is 38.2 Å². The molecule has 0 unspecified atom stereocenters. The number of rotatable bonds is 4. The zero-order chi connectivity index (χ0) is 20.4. The summed E-state index contributed by atoms with van der Waals surface area (Å²) in [6, 6.07) is 10.3. The third-order valence-corrected chi connectivity index (χ3v) is 6.13. The van der Waals surface area contributed by atoms with Gasteiger partial charge in [0.2, 0.25) is 0 Å². The van der Waals surface area contributed by atoms with Gasteiger partial charge in [-0.3, -0.25) is 4.79 Å². The summed E-state index contributed by atoms with van der Waals surface area (Å²) in [5.41, 5.74) is 2.57. The zero-order valence-corrected chi connectivity index (χ0v) is 17.4. The molecule has 1 N–H and O–H groups in total. The van der Waals surface area contributed by atoms with Gasteiger partial charge in [-0.25, -0.2) is 9.78 Å². The maximum Gasteiger partial charge on any atom is 0.409 e. The number of carbonyl (C=O) groups is 2. The Balaban J connectivity index is 1.40. The van der Waals surface area contributed by atoms with E-state index in [4.69, 9.17) is 4.74 Å². The summed E-state index contributed by atoms with van der Waals surface area (Å²) in [5.74, 6) is -0.166. The van der Waals surface area contributed by atoms with Crippen LogP contribution in [0.5, 0.6) is 0 Å². The molecule has 2 amide bonds. The Morgan fingerprint density at radius 2 is 2.03 bits per heavy atom. The van der Waals surface area contributed by atoms with E-state index in [9.17, 15) is 9.59 Å². The third kappa shape index (κ3) is 3.98. The fourth-order valence-corrected chi connectivity index (χ4v) is 4.52. The number of carbonyl (C=O) groups excluding carboxylic acids is 2. The van der Waals surface area contributed by atoms with Gasteiger partial charge in [0, 0.05) is 42.5 Å². The van der Waals surface area contributed by atoms with Gasteiger partial charge in [-0.05, 0) is 31.9 Å². The Morgan fingerprint density at radius 3 is 2.76 bits per heavy atom. The number of piperidine rings is 1. The molecule has 1 aliphatic rings. The normalized spacial score (nSPS) is 14.9. The highest BCUT2D eigenvalue weighted by Crippen LogP contribution is 2.29. The summed E-state index contributed by atoms with van der Waals surface area (Å²) >= 11 is 1.47. The van der Waals surface area contributed by atoms with Crippen LogP contribution in [0.2, 0.25) is 0 Å². The lowest BCUT2D eigenvalue weighted by Crippen LogP contribution is -2.46. The molecular formula is C21H24N4O3S. The van der Waals surface area contributed by atoms with Crippen molar-refractivity contribution in [2.45, 2.75) is 25.8 Å². The Bertz CT molecular complexity index is 1030. The van der Waals surface area contributed by atoms with E-state index in [1.54, 1.807) is 17.2 Å². The summed E-state index contributed by atoms with van der Waals surface area (Å²) in [7, 11) is 2.01. The average Bonchev–Trinajstić information content (AvgIpc) is 3.34. The lowest BCUT2D eigenvalue weighted by atomic mass is 10.1. The molecule has 0 spiro atoms. The lowest BCUT2D eigenvalue weighted by molar-refractivity contribution is 0.0857. The largest absolute Gasteiger partial charge is 0.450 e. The molecule has 0 aliphatic carbocycles. The highest BCUT2D eigenvalue weighted by Gasteiger charge is 2.25. The molecular weight excluding hydrogens is 388 g/mol. The number of thiazole rings is 1. The highest BCUT2D eigenvalue weighted by molar-refractivity contribution is 7.13. The van der Waals surface area contributed by atoms with Crippen molar-refractivity contribution in [3.8, 4) is 10.7 Å². The molecule has 1 fully saturated rings. The minimum absolute atomic E-state index is 0.0379. The minimum atomic E-state index is -0.281. The molecule has 3 aromatic rings. The number of hydrogen-bond donors (Lipinski definition) is 1. The number of para-hydroxylation sites is 1. The summed E-state index contributed by atoms with van der Waals surface area (Å²) in [5, 5.41) is 6.83. The smallest absolute Gasteiger partial charge is 0.409 e. The quantitative estimate of drug-likeness (QED) is 0.710. The molecule has 4 rings (SSSR count). The van der Waals surface area contributed by atoms with Gasteiger partial charge in [-0.2, -0.15) is 0 Å². The van der Waals surface area contributed by atoms with Gasteiger partial charge < -0.3 is 19.5 Å². The Labute approximate surface area is 173 Å². The minimum Gasteiger partial charge on any atom is -0.450 e. The zero-order valence-electron chi connectivity index (χ0n) is 16.6. The number of aromatic nitrogens is 2. The molecule has 1 saturated heterocycles. The van der Waals surface area contributed by atoms with Crippen molar-refractivity contribution in [2.75, 3.05) is 19.7 Å². The number of aryl methyl sites for hydroxylation is 1. The van der Waals surface area contributed by atoms with Gasteiger partial charge in [0.25, 0.3) is 5.91 Å². The molecule has 2 aromatic heterocycles. The summed E-state index contributed by atoms with van der Waals surface area (Å²) in [4.78, 5) is 30.7. The van der Waals surface area contributed by atoms with Crippen molar-refractivity contribution in [1.82, 2.24) is 19.8 Å². The number of amides is 2. The van der Waals surface area contributed by atoms with E-state index in [1.807, 2.05) is 19.2 Å². The van der Waals surface area contributed by atoms with Crippen molar-refractivity contribution < 1.29 is 14.3 Å². The molecule has 1 aromatic carbocycles. The summed E-state index contributed by atoms with van der Waals surface area (Å²) < 4.78 is 7.13. The van der Waals surface area contributed by atoms with Crippen LogP contribution in [0.15, 0.2) is 35.7 Å². The number of nitrogens with zero attached hydrogens (tertiary/aromatic N) is 3. The second kappa shape index (κ2) is 8.24. The van der Waals surface area contributed by atoms with Crippen LogP contribution in [0, 0.1) is 0 Å². The van der Waals surface area contributed by atoms with Crippen molar-refractivity contribution in [3.63, 3.8) is 0 Å². The molecule has 8 heteroatoms. The van der Waals surface area contributed by atoms with Crippen molar-refractivity contribution in [2.24, 2.45) is 7.05 Å². The number of fused-ring (bicyclic) bond motifs is 1. The molecule has 0 atom stereocenters. The van der Waals surface area contributed by atoms with E-state index < -0.39 is 0 Å². The highest BCUT2D eigenvalue weighted by atomic mass is 32.1. The van der Waals surface area contributed by atoms with Crippen LogP contribution >= 0.6 is 11.3 Å². The standard InChI is InChI=1S/C21H24N4O3S/c1-3-28-21(27)25-10-8-15(9-11-25)22-19(26)16-13-29-20(23-16)18-12-14-6-4-5-7-17(14)24(18)2/h4-7,12-13,15H,3,8-11H2,1-2H3,(H,22,26). The van der Waals surface area contributed by atoms with E-state index in [0.717, 1.165) is 21.6 Å². The SMILES string of the molecule is CCOC(=O)N1CCC(NC(=O)c2csc(-c3cc4ccccc4n3C)n2)CC1. The third-order valence-electron chi connectivity index (χ3n) is 5.26. The first-order chi connectivity index (χ1) is 14.1. The maximum absolute atomic E-state index is 12.7. The van der Waals surface area contributed by atoms with E-state index in [-0.39, 0.29) is 18.0 Å². The van der Waals surface area contributed by atoms with Gasteiger partial charge in [-0.15, -0.1) is 11.3 Å². The van der Waals surface area contributed by atoms with Crippen molar-refractivity contribution in [1.29, 1.82) is 0 Å². The molecule has 7 nitrogen and oxygen atoms in total. The first-order valence-corrected chi connectivity index (χ1v) is 10.7. The Hall–Kier alpha value is -2.87. The summed E-state index contributed by atoms with van der Waals surface area (Å²) in [6.45, 7) is 3.34. The monoisotopic (exact) mass is 412 g/mol. The van der Waals surface area contributed by atoms with Gasteiger partial charge >= 0.3 is 6.09 Å². The average molecular weight is 413 g/mol. The second-order valence-electron chi connectivity index (χ2n) is 7.12. The van der Waals surface area contributed by atoms with Crippen LogP contribution in [0.3, 0.4) is 0 Å². The van der Waals surface area contributed by atoms with Crippen LogP contribution < -0.4 is 5.32 Å². The number of likely N-dealkylation sites (tertiary alicyclic amines) is 1. The van der Waals surface area contributed by atoms with Gasteiger partial charge in [0.1, 0.15) is 10.7 Å². The Morgan fingerprint density at radius 1 is 1.28 bits per heavy atom. The topological polar surface area (TPSA) is 76.5 Å². The Kier molecular flexibility index (Phi) is 5.53. The van der Waals surface area contributed by atoms with E-state index >= 15 is 0 Å². The maximum atomic E-state index is 12.7. The lowest BCUT2D eigenvalue weighted by Gasteiger charge is -2.31. The second-order valence-corrected chi connectivity index (χ2v) is 7.98. The van der Waals surface area contributed by atoms with Crippen LogP contribution in [0.1, 0.15) is 30.3 Å². The van der Waals surface area contributed by atoms with E-state index in [2.05, 4.69) is 33.1 Å². The fraction of sp³-hybridized carbons (Fsp3) is 0.381. The summed E-state index contributed by atoms with van der Waals surface area (Å²) in [6.07, 6.45) is 1.14. The predicted octanol–water partition coefficient (Wildman–Crippen LogP) is 3.65. The van der Waals surface area contributed by atoms with Crippen LogP contribution in [0.25, 0.3) is 21.6 Å². The van der Waals surface area contributed by atoms with Crippen LogP contribution in [-0.2, 0) is 11.8 Å². The van der Waals surface area contributed by atoms with Crippen LogP contribution in [-0.4, -0.2) is 52.2 Å². The van der Waals surface area contributed by atoms with Gasteiger partial charge in [0.15, 0.2) is 0 Å². The van der Waals surface area contributed by atoms with Crippen LogP contribution in [0.4, 0.5) is 4.79 Å². The van der Waals surface area contributed by atoms with Crippen molar-refractivity contribution >= 4 is 34.2 Å². The molecule has 0 radical (unpaired) electrons. The number of hydrogen-bond acceptors (Lipinski definition) is 5. The van der Waals surface area contributed by atoms with Gasteiger partial charge in [0.05, 0.1) is 12.3 Å².